The van der Waals surface area contributed by atoms with Crippen molar-refractivity contribution in [2.75, 3.05) is 20.8 Å². The van der Waals surface area contributed by atoms with Crippen LogP contribution in [0.2, 0.25) is 0 Å². The second kappa shape index (κ2) is 8.69. The second-order valence-electron chi connectivity index (χ2n) is 5.03. The number of hydrogen-bond acceptors (Lipinski definition) is 5. The zero-order valence-electron chi connectivity index (χ0n) is 13.3. The molecule has 0 saturated carbocycles. The molecule has 0 fully saturated rings. The number of rotatable bonds is 8. The molecule has 6 heteroatoms. The summed E-state index contributed by atoms with van der Waals surface area (Å²) >= 11 is 5.65. The van der Waals surface area contributed by atoms with E-state index in [9.17, 15) is 5.11 Å². The fourth-order valence-electron chi connectivity index (χ4n) is 2.42. The maximum atomic E-state index is 9.82. The van der Waals surface area contributed by atoms with Crippen LogP contribution in [0.4, 0.5) is 0 Å². The third kappa shape index (κ3) is 4.48. The maximum Gasteiger partial charge on any atom is 0.209 e. The molecular formula is C17H22NO3PS. The van der Waals surface area contributed by atoms with Crippen LogP contribution in [0, 0.1) is 0 Å². The van der Waals surface area contributed by atoms with Crippen LogP contribution in [0.1, 0.15) is 23.0 Å². The number of hydrogen-bond donors (Lipinski definition) is 2. The summed E-state index contributed by atoms with van der Waals surface area (Å²) in [5.74, 6) is -0.314. The maximum absolute atomic E-state index is 9.82. The van der Waals surface area contributed by atoms with Gasteiger partial charge >= 0.3 is 0 Å². The van der Waals surface area contributed by atoms with Gasteiger partial charge in [0, 0.05) is 14.2 Å². The van der Waals surface area contributed by atoms with Crippen LogP contribution in [-0.2, 0) is 20.9 Å². The van der Waals surface area contributed by atoms with E-state index in [0.717, 1.165) is 11.1 Å². The van der Waals surface area contributed by atoms with Crippen LogP contribution >= 0.6 is 6.49 Å². The van der Waals surface area contributed by atoms with E-state index < -0.39 is 6.49 Å². The van der Waals surface area contributed by atoms with Crippen molar-refractivity contribution in [1.82, 2.24) is 5.32 Å². The molecule has 0 unspecified atom stereocenters. The molecule has 0 heterocycles. The van der Waals surface area contributed by atoms with Crippen molar-refractivity contribution in [2.24, 2.45) is 0 Å². The Kier molecular flexibility index (Phi) is 6.90. The lowest BCUT2D eigenvalue weighted by molar-refractivity contribution is 0.235. The highest BCUT2D eigenvalue weighted by Crippen LogP contribution is 2.59. The summed E-state index contributed by atoms with van der Waals surface area (Å²) in [7, 11) is 3.14. The SMILES string of the molecule is COP(=S)(OC)[C@H](N[C@H](CO)c1ccccc1)c1ccccc1. The molecular weight excluding hydrogens is 329 g/mol. The lowest BCUT2D eigenvalue weighted by atomic mass is 10.1. The van der Waals surface area contributed by atoms with Gasteiger partial charge in [-0.25, -0.2) is 0 Å². The van der Waals surface area contributed by atoms with Gasteiger partial charge in [0.05, 0.1) is 12.6 Å². The first-order valence-electron chi connectivity index (χ1n) is 7.32. The van der Waals surface area contributed by atoms with Crippen molar-refractivity contribution in [3.05, 3.63) is 71.8 Å². The minimum absolute atomic E-state index is 0.0455. The number of nitrogens with one attached hydrogen (secondary N) is 1. The largest absolute Gasteiger partial charge is 0.394 e. The Balaban J connectivity index is 2.36. The molecule has 0 bridgehead atoms. The Bertz CT molecular complexity index is 631. The van der Waals surface area contributed by atoms with E-state index >= 15 is 0 Å². The fourth-order valence-corrected chi connectivity index (χ4v) is 4.44. The predicted octanol–water partition coefficient (Wildman–Crippen LogP) is 3.61. The third-order valence-corrected chi connectivity index (χ3v) is 7.31. The molecule has 0 aromatic heterocycles. The average molecular weight is 351 g/mol. The lowest BCUT2D eigenvalue weighted by Gasteiger charge is -2.32. The topological polar surface area (TPSA) is 50.7 Å². The van der Waals surface area contributed by atoms with Gasteiger partial charge in [-0.1, -0.05) is 60.7 Å². The number of aliphatic hydroxyl groups is 1. The molecule has 124 valence electrons. The van der Waals surface area contributed by atoms with Gasteiger partial charge in [0.15, 0.2) is 0 Å². The summed E-state index contributed by atoms with van der Waals surface area (Å²) in [6.07, 6.45) is 0. The Morgan fingerprint density at radius 1 is 0.957 bits per heavy atom. The van der Waals surface area contributed by atoms with Gasteiger partial charge in [-0.15, -0.1) is 0 Å². The molecule has 2 aromatic carbocycles. The molecule has 2 atom stereocenters. The molecule has 0 aliphatic carbocycles. The van der Waals surface area contributed by atoms with Gasteiger partial charge in [-0.2, -0.15) is 0 Å². The van der Waals surface area contributed by atoms with Gasteiger partial charge < -0.3 is 14.2 Å². The molecule has 4 nitrogen and oxygen atoms in total. The zero-order valence-corrected chi connectivity index (χ0v) is 15.0. The van der Waals surface area contributed by atoms with Crippen LogP contribution in [0.15, 0.2) is 60.7 Å². The first-order valence-corrected chi connectivity index (χ1v) is 10.0. The normalized spacial score (nSPS) is 14.4. The zero-order chi connectivity index (χ0) is 16.7. The van der Waals surface area contributed by atoms with Crippen molar-refractivity contribution >= 4 is 18.3 Å². The highest BCUT2D eigenvalue weighted by Gasteiger charge is 2.32. The number of benzene rings is 2. The van der Waals surface area contributed by atoms with Gasteiger partial charge in [0.2, 0.25) is 6.49 Å². The molecule has 23 heavy (non-hydrogen) atoms. The lowest BCUT2D eigenvalue weighted by Crippen LogP contribution is -2.29. The Morgan fingerprint density at radius 3 is 1.87 bits per heavy atom. The van der Waals surface area contributed by atoms with E-state index in [2.05, 4.69) is 5.32 Å². The highest BCUT2D eigenvalue weighted by atomic mass is 32.5. The monoisotopic (exact) mass is 351 g/mol. The summed E-state index contributed by atoms with van der Waals surface area (Å²) in [6.45, 7) is -2.64. The van der Waals surface area contributed by atoms with Crippen molar-refractivity contribution in [2.45, 2.75) is 11.8 Å². The first kappa shape index (κ1) is 18.3. The molecule has 0 radical (unpaired) electrons. The van der Waals surface area contributed by atoms with Crippen molar-refractivity contribution in [1.29, 1.82) is 0 Å². The van der Waals surface area contributed by atoms with Crippen LogP contribution in [0.5, 0.6) is 0 Å². The fraction of sp³-hybridized carbons (Fsp3) is 0.294. The smallest absolute Gasteiger partial charge is 0.209 e. The quantitative estimate of drug-likeness (QED) is 0.712. The Labute approximate surface area is 142 Å². The average Bonchev–Trinajstić information content (AvgIpc) is 2.63. The minimum atomic E-state index is -2.59. The van der Waals surface area contributed by atoms with E-state index in [0.29, 0.717) is 0 Å². The van der Waals surface area contributed by atoms with E-state index in [1.165, 1.54) is 0 Å². The van der Waals surface area contributed by atoms with Crippen LogP contribution in [0.3, 0.4) is 0 Å². The van der Waals surface area contributed by atoms with Crippen LogP contribution < -0.4 is 5.32 Å². The predicted molar refractivity (Wildman–Crippen MR) is 96.9 cm³/mol. The first-order chi connectivity index (χ1) is 11.1. The molecule has 2 N–H and O–H groups in total. The van der Waals surface area contributed by atoms with Crippen molar-refractivity contribution < 1.29 is 14.2 Å². The summed E-state index contributed by atoms with van der Waals surface area (Å²) in [5, 5.41) is 13.2. The minimum Gasteiger partial charge on any atom is -0.394 e. The second-order valence-corrected chi connectivity index (χ2v) is 8.88. The molecule has 0 spiro atoms. The van der Waals surface area contributed by atoms with Gasteiger partial charge in [-0.05, 0) is 22.9 Å². The van der Waals surface area contributed by atoms with E-state index in [1.54, 1.807) is 14.2 Å². The van der Waals surface area contributed by atoms with Gasteiger partial charge in [0.25, 0.3) is 0 Å². The molecule has 0 aliphatic rings. The standard InChI is InChI=1S/C17H22NO3PS/c1-20-22(23,21-2)17(15-11-7-4-8-12-15)18-16(13-19)14-9-5-3-6-10-14/h3-12,16-19H,13H2,1-2H3/t16-,17+/m1/s1. The number of aliphatic hydroxyl groups excluding tert-OH is 1. The van der Waals surface area contributed by atoms with Gasteiger partial charge in [-0.3, -0.25) is 5.32 Å². The molecule has 2 rings (SSSR count). The Hall–Kier alpha value is -1.07. The molecule has 0 amide bonds. The van der Waals surface area contributed by atoms with E-state index in [4.69, 9.17) is 20.9 Å². The molecule has 2 aromatic rings. The highest BCUT2D eigenvalue weighted by molar-refractivity contribution is 8.10. The summed E-state index contributed by atoms with van der Waals surface area (Å²) in [6, 6.07) is 19.3. The molecule has 0 saturated heterocycles. The van der Waals surface area contributed by atoms with Crippen molar-refractivity contribution in [3.63, 3.8) is 0 Å². The van der Waals surface area contributed by atoms with E-state index in [1.807, 2.05) is 60.7 Å². The summed E-state index contributed by atoms with van der Waals surface area (Å²) < 4.78 is 11.1. The Morgan fingerprint density at radius 2 is 1.43 bits per heavy atom. The van der Waals surface area contributed by atoms with Crippen LogP contribution in [0.25, 0.3) is 0 Å². The third-order valence-electron chi connectivity index (χ3n) is 3.68. The van der Waals surface area contributed by atoms with Crippen molar-refractivity contribution in [3.8, 4) is 0 Å². The summed E-state index contributed by atoms with van der Waals surface area (Å²) in [5.41, 5.74) is 1.97. The van der Waals surface area contributed by atoms with E-state index in [-0.39, 0.29) is 18.4 Å². The summed E-state index contributed by atoms with van der Waals surface area (Å²) in [4.78, 5) is 0. The van der Waals surface area contributed by atoms with Gasteiger partial charge in [0.1, 0.15) is 5.78 Å². The molecule has 0 aliphatic heterocycles. The van der Waals surface area contributed by atoms with Crippen LogP contribution in [-0.4, -0.2) is 25.9 Å².